The minimum Gasteiger partial charge on any atom is -0.368 e. The van der Waals surface area contributed by atoms with Crippen LogP contribution in [0.2, 0.25) is 0 Å². The van der Waals surface area contributed by atoms with Crippen molar-refractivity contribution in [1.29, 1.82) is 0 Å². The van der Waals surface area contributed by atoms with Crippen LogP contribution in [0.1, 0.15) is 46.0 Å². The fourth-order valence-corrected chi connectivity index (χ4v) is 2.25. The van der Waals surface area contributed by atoms with E-state index in [9.17, 15) is 4.79 Å². The Bertz CT molecular complexity index is 197. The van der Waals surface area contributed by atoms with Gasteiger partial charge >= 0.3 is 0 Å². The van der Waals surface area contributed by atoms with Gasteiger partial charge in [0, 0.05) is 6.54 Å². The predicted molar refractivity (Wildman–Crippen MR) is 57.9 cm³/mol. The molecule has 1 unspecified atom stereocenters. The van der Waals surface area contributed by atoms with E-state index in [-0.39, 0.29) is 11.9 Å². The van der Waals surface area contributed by atoms with E-state index in [1.807, 2.05) is 6.92 Å². The lowest BCUT2D eigenvalue weighted by Crippen LogP contribution is -2.43. The summed E-state index contributed by atoms with van der Waals surface area (Å²) in [7, 11) is 0. The molecule has 1 rings (SSSR count). The zero-order valence-electron chi connectivity index (χ0n) is 9.31. The Balaban J connectivity index is 2.38. The average Bonchev–Trinajstić information content (AvgIpc) is 2.63. The van der Waals surface area contributed by atoms with Crippen molar-refractivity contribution in [3.63, 3.8) is 0 Å². The van der Waals surface area contributed by atoms with Crippen LogP contribution in [0.3, 0.4) is 0 Å². The third kappa shape index (κ3) is 2.71. The topological polar surface area (TPSA) is 55.1 Å². The van der Waals surface area contributed by atoms with Crippen molar-refractivity contribution < 1.29 is 4.79 Å². The lowest BCUT2D eigenvalue weighted by molar-refractivity contribution is -0.119. The second kappa shape index (κ2) is 4.78. The van der Waals surface area contributed by atoms with Crippen molar-refractivity contribution >= 4 is 5.91 Å². The Hall–Kier alpha value is -0.570. The van der Waals surface area contributed by atoms with Gasteiger partial charge in [0.2, 0.25) is 5.91 Å². The molecule has 3 nitrogen and oxygen atoms in total. The maximum atomic E-state index is 10.9. The number of hydrogen-bond acceptors (Lipinski definition) is 2. The van der Waals surface area contributed by atoms with Gasteiger partial charge in [0.05, 0.1) is 6.04 Å². The van der Waals surface area contributed by atoms with Crippen molar-refractivity contribution in [2.24, 2.45) is 11.1 Å². The van der Waals surface area contributed by atoms with Crippen molar-refractivity contribution in [1.82, 2.24) is 5.32 Å². The van der Waals surface area contributed by atoms with Crippen molar-refractivity contribution in [3.8, 4) is 0 Å². The Kier molecular flexibility index (Phi) is 3.93. The first kappa shape index (κ1) is 11.5. The normalized spacial score (nSPS) is 22.1. The average molecular weight is 198 g/mol. The number of carbonyl (C=O) groups is 1. The van der Waals surface area contributed by atoms with E-state index in [2.05, 4.69) is 12.2 Å². The molecule has 1 amide bonds. The van der Waals surface area contributed by atoms with Gasteiger partial charge in [-0.05, 0) is 31.6 Å². The molecule has 3 heteroatoms. The van der Waals surface area contributed by atoms with E-state index >= 15 is 0 Å². The Morgan fingerprint density at radius 3 is 2.50 bits per heavy atom. The highest BCUT2D eigenvalue weighted by molar-refractivity contribution is 5.79. The summed E-state index contributed by atoms with van der Waals surface area (Å²) in [4.78, 5) is 10.9. The van der Waals surface area contributed by atoms with E-state index in [1.165, 1.54) is 32.1 Å². The first-order valence-corrected chi connectivity index (χ1v) is 5.62. The van der Waals surface area contributed by atoms with Crippen LogP contribution in [0.5, 0.6) is 0 Å². The van der Waals surface area contributed by atoms with E-state index in [1.54, 1.807) is 0 Å². The molecule has 1 fully saturated rings. The van der Waals surface area contributed by atoms with E-state index in [4.69, 9.17) is 5.73 Å². The fourth-order valence-electron chi connectivity index (χ4n) is 2.25. The minimum atomic E-state index is -0.255. The molecule has 0 radical (unpaired) electrons. The molecule has 0 heterocycles. The number of carbonyl (C=O) groups excluding carboxylic acids is 1. The third-order valence-corrected chi connectivity index (χ3v) is 3.62. The predicted octanol–water partition coefficient (Wildman–Crippen LogP) is 1.42. The standard InChI is InChI=1S/C11H22N2O/c1-3-11(6-4-5-7-11)8-13-9(2)10(12)14/h9,13H,3-8H2,1-2H3,(H2,12,14). The third-order valence-electron chi connectivity index (χ3n) is 3.62. The zero-order valence-corrected chi connectivity index (χ0v) is 9.31. The summed E-state index contributed by atoms with van der Waals surface area (Å²) in [5, 5.41) is 3.24. The Labute approximate surface area is 86.4 Å². The number of nitrogens with one attached hydrogen (secondary N) is 1. The molecule has 0 aromatic carbocycles. The largest absolute Gasteiger partial charge is 0.368 e. The van der Waals surface area contributed by atoms with Crippen LogP contribution < -0.4 is 11.1 Å². The Morgan fingerprint density at radius 1 is 1.50 bits per heavy atom. The van der Waals surface area contributed by atoms with Crippen molar-refractivity contribution in [3.05, 3.63) is 0 Å². The number of rotatable bonds is 5. The Morgan fingerprint density at radius 2 is 2.07 bits per heavy atom. The quantitative estimate of drug-likeness (QED) is 0.702. The molecule has 0 aromatic heterocycles. The minimum absolute atomic E-state index is 0.195. The van der Waals surface area contributed by atoms with Gasteiger partial charge in [-0.25, -0.2) is 0 Å². The molecule has 0 bridgehead atoms. The fraction of sp³-hybridized carbons (Fsp3) is 0.909. The maximum absolute atomic E-state index is 10.9. The van der Waals surface area contributed by atoms with Crippen LogP contribution in [0, 0.1) is 5.41 Å². The molecule has 1 saturated carbocycles. The molecule has 82 valence electrons. The molecule has 0 saturated heterocycles. The molecular formula is C11H22N2O. The number of hydrogen-bond donors (Lipinski definition) is 2. The van der Waals surface area contributed by atoms with E-state index < -0.39 is 0 Å². The summed E-state index contributed by atoms with van der Waals surface area (Å²) in [5.74, 6) is -0.255. The van der Waals surface area contributed by atoms with Crippen LogP contribution in [-0.4, -0.2) is 18.5 Å². The lowest BCUT2D eigenvalue weighted by atomic mass is 9.83. The molecule has 0 aliphatic heterocycles. The molecule has 1 aliphatic carbocycles. The highest BCUT2D eigenvalue weighted by atomic mass is 16.1. The van der Waals surface area contributed by atoms with Gasteiger partial charge in [-0.2, -0.15) is 0 Å². The summed E-state index contributed by atoms with van der Waals surface area (Å²) in [6.07, 6.45) is 6.45. The molecule has 0 aromatic rings. The highest BCUT2D eigenvalue weighted by Gasteiger charge is 2.32. The molecule has 1 atom stereocenters. The van der Waals surface area contributed by atoms with E-state index in [0.717, 1.165) is 6.54 Å². The van der Waals surface area contributed by atoms with E-state index in [0.29, 0.717) is 5.41 Å². The van der Waals surface area contributed by atoms with Crippen LogP contribution in [0.25, 0.3) is 0 Å². The summed E-state index contributed by atoms with van der Waals surface area (Å²) in [6.45, 7) is 5.01. The van der Waals surface area contributed by atoms with Gasteiger partial charge in [0.1, 0.15) is 0 Å². The number of primary amides is 1. The summed E-state index contributed by atoms with van der Waals surface area (Å²) >= 11 is 0. The van der Waals surface area contributed by atoms with Gasteiger partial charge in [0.25, 0.3) is 0 Å². The first-order chi connectivity index (χ1) is 6.59. The van der Waals surface area contributed by atoms with Crippen LogP contribution in [-0.2, 0) is 4.79 Å². The molecule has 14 heavy (non-hydrogen) atoms. The van der Waals surface area contributed by atoms with Crippen LogP contribution >= 0.6 is 0 Å². The molecule has 3 N–H and O–H groups in total. The lowest BCUT2D eigenvalue weighted by Gasteiger charge is -2.29. The monoisotopic (exact) mass is 198 g/mol. The van der Waals surface area contributed by atoms with Crippen LogP contribution in [0.4, 0.5) is 0 Å². The summed E-state index contributed by atoms with van der Waals surface area (Å²) < 4.78 is 0. The maximum Gasteiger partial charge on any atom is 0.234 e. The van der Waals surface area contributed by atoms with Crippen LogP contribution in [0.15, 0.2) is 0 Å². The first-order valence-electron chi connectivity index (χ1n) is 5.62. The molecular weight excluding hydrogens is 176 g/mol. The SMILES string of the molecule is CCC1(CNC(C)C(N)=O)CCCC1. The van der Waals surface area contributed by atoms with Gasteiger partial charge in [-0.3, -0.25) is 4.79 Å². The molecule has 1 aliphatic rings. The smallest absolute Gasteiger partial charge is 0.234 e. The summed E-state index contributed by atoms with van der Waals surface area (Å²) in [5.41, 5.74) is 5.64. The van der Waals surface area contributed by atoms with Gasteiger partial charge < -0.3 is 11.1 Å². The van der Waals surface area contributed by atoms with Crippen molar-refractivity contribution in [2.45, 2.75) is 52.0 Å². The molecule has 0 spiro atoms. The van der Waals surface area contributed by atoms with Crippen molar-refractivity contribution in [2.75, 3.05) is 6.54 Å². The number of nitrogens with two attached hydrogens (primary N) is 1. The second-order valence-electron chi connectivity index (χ2n) is 4.57. The second-order valence-corrected chi connectivity index (χ2v) is 4.57. The van der Waals surface area contributed by atoms with Gasteiger partial charge in [0.15, 0.2) is 0 Å². The summed E-state index contributed by atoms with van der Waals surface area (Å²) in [6, 6.07) is -0.195. The zero-order chi connectivity index (χ0) is 10.6. The van der Waals surface area contributed by atoms with Gasteiger partial charge in [-0.1, -0.05) is 19.8 Å². The number of amides is 1. The highest BCUT2D eigenvalue weighted by Crippen LogP contribution is 2.40. The van der Waals surface area contributed by atoms with Gasteiger partial charge in [-0.15, -0.1) is 0 Å².